The van der Waals surface area contributed by atoms with Crippen molar-refractivity contribution in [3.63, 3.8) is 0 Å². The minimum Gasteiger partial charge on any atom is -0.480 e. The molecule has 0 aliphatic heterocycles. The summed E-state index contributed by atoms with van der Waals surface area (Å²) in [5.74, 6) is -4.92. The number of carboxylic acids is 1. The Morgan fingerprint density at radius 1 is 0.921 bits per heavy atom. The van der Waals surface area contributed by atoms with Crippen molar-refractivity contribution in [1.82, 2.24) is 20.9 Å². The van der Waals surface area contributed by atoms with Crippen molar-refractivity contribution < 1.29 is 34.2 Å². The van der Waals surface area contributed by atoms with Crippen LogP contribution in [0.5, 0.6) is 0 Å². The number of aromatic nitrogens is 1. The molecule has 1 aromatic carbocycles. The summed E-state index contributed by atoms with van der Waals surface area (Å²) in [5.41, 5.74) is 18.3. The Morgan fingerprint density at radius 2 is 1.55 bits per heavy atom. The zero-order chi connectivity index (χ0) is 28.2. The Labute approximate surface area is 218 Å². The molecule has 4 unspecified atom stereocenters. The van der Waals surface area contributed by atoms with Crippen LogP contribution in [0.4, 0.5) is 0 Å². The molecule has 38 heavy (non-hydrogen) atoms. The van der Waals surface area contributed by atoms with E-state index in [0.29, 0.717) is 19.4 Å². The third-order valence-corrected chi connectivity index (χ3v) is 5.87. The molecule has 14 nitrogen and oxygen atoms in total. The fourth-order valence-electron chi connectivity index (χ4n) is 3.81. The number of benzene rings is 1. The van der Waals surface area contributed by atoms with Crippen LogP contribution in [0.15, 0.2) is 30.5 Å². The highest BCUT2D eigenvalue weighted by Crippen LogP contribution is 2.18. The molecule has 0 saturated carbocycles. The van der Waals surface area contributed by atoms with Gasteiger partial charge in [0.15, 0.2) is 0 Å². The summed E-state index contributed by atoms with van der Waals surface area (Å²) in [6.07, 6.45) is 2.28. The van der Waals surface area contributed by atoms with E-state index < -0.39 is 66.8 Å². The maximum Gasteiger partial charge on any atom is 0.326 e. The number of nitrogens with one attached hydrogen (secondary N) is 4. The number of H-pyrrole nitrogens is 1. The lowest BCUT2D eigenvalue weighted by Crippen LogP contribution is -2.58. The van der Waals surface area contributed by atoms with Gasteiger partial charge >= 0.3 is 5.97 Å². The number of aliphatic carboxylic acids is 1. The molecule has 0 aliphatic carbocycles. The molecule has 4 atom stereocenters. The van der Waals surface area contributed by atoms with E-state index in [2.05, 4.69) is 20.9 Å². The number of hydrogen-bond donors (Lipinski definition) is 9. The summed E-state index contributed by atoms with van der Waals surface area (Å²) in [5, 5.41) is 26.8. The number of unbranched alkanes of at least 4 members (excludes halogenated alkanes) is 1. The van der Waals surface area contributed by atoms with Crippen LogP contribution in [-0.4, -0.2) is 82.1 Å². The van der Waals surface area contributed by atoms with Crippen LogP contribution in [0.2, 0.25) is 0 Å². The molecule has 0 saturated heterocycles. The van der Waals surface area contributed by atoms with Gasteiger partial charge in [-0.1, -0.05) is 18.2 Å². The molecular formula is C24H35N7O7. The predicted molar refractivity (Wildman–Crippen MR) is 137 cm³/mol. The average molecular weight is 534 g/mol. The van der Waals surface area contributed by atoms with E-state index in [9.17, 15) is 34.2 Å². The number of carbonyl (C=O) groups is 5. The number of aromatic amines is 1. The van der Waals surface area contributed by atoms with Crippen LogP contribution >= 0.6 is 0 Å². The van der Waals surface area contributed by atoms with Crippen LogP contribution in [0, 0.1) is 0 Å². The lowest BCUT2D eigenvalue weighted by Gasteiger charge is -2.24. The first-order valence-corrected chi connectivity index (χ1v) is 12.1. The minimum atomic E-state index is -1.54. The number of para-hydroxylation sites is 1. The molecular weight excluding hydrogens is 498 g/mol. The molecule has 2 aromatic rings. The molecule has 2 rings (SSSR count). The van der Waals surface area contributed by atoms with Crippen LogP contribution in [0.25, 0.3) is 10.9 Å². The summed E-state index contributed by atoms with van der Waals surface area (Å²) in [4.78, 5) is 64.2. The molecule has 1 aromatic heterocycles. The molecule has 208 valence electrons. The van der Waals surface area contributed by atoms with Gasteiger partial charge in [-0.05, 0) is 43.9 Å². The minimum absolute atomic E-state index is 0.0825. The fraction of sp³-hybridized carbons (Fsp3) is 0.458. The third-order valence-electron chi connectivity index (χ3n) is 5.87. The summed E-state index contributed by atoms with van der Waals surface area (Å²) in [6.45, 7) is -0.487. The molecule has 0 fully saturated rings. The summed E-state index contributed by atoms with van der Waals surface area (Å²) < 4.78 is 0. The maximum absolute atomic E-state index is 12.8. The van der Waals surface area contributed by atoms with Gasteiger partial charge in [-0.25, -0.2) is 4.79 Å². The largest absolute Gasteiger partial charge is 0.480 e. The Morgan fingerprint density at radius 3 is 2.18 bits per heavy atom. The van der Waals surface area contributed by atoms with Gasteiger partial charge in [0.25, 0.3) is 0 Å². The van der Waals surface area contributed by atoms with Crippen LogP contribution < -0.4 is 33.2 Å². The second kappa shape index (κ2) is 14.7. The second-order valence-corrected chi connectivity index (χ2v) is 8.83. The van der Waals surface area contributed by atoms with E-state index >= 15 is 0 Å². The Hall–Kier alpha value is -4.01. The number of rotatable bonds is 16. The number of primary amides is 1. The number of hydrogen-bond acceptors (Lipinski definition) is 8. The van der Waals surface area contributed by atoms with Crippen molar-refractivity contribution in [2.75, 3.05) is 13.2 Å². The van der Waals surface area contributed by atoms with Crippen molar-refractivity contribution in [1.29, 1.82) is 0 Å². The summed E-state index contributed by atoms with van der Waals surface area (Å²) >= 11 is 0. The van der Waals surface area contributed by atoms with Crippen LogP contribution in [0.1, 0.15) is 31.2 Å². The van der Waals surface area contributed by atoms with E-state index in [0.717, 1.165) is 16.5 Å². The van der Waals surface area contributed by atoms with Gasteiger partial charge in [0.05, 0.1) is 19.1 Å². The van der Waals surface area contributed by atoms with E-state index in [1.807, 2.05) is 24.3 Å². The quantitative estimate of drug-likeness (QED) is 0.104. The third kappa shape index (κ3) is 8.83. The summed E-state index contributed by atoms with van der Waals surface area (Å²) in [7, 11) is 0. The first kappa shape index (κ1) is 30.2. The summed E-state index contributed by atoms with van der Waals surface area (Å²) in [6, 6.07) is 2.05. The van der Waals surface area contributed by atoms with Gasteiger partial charge in [0.2, 0.25) is 23.6 Å². The highest BCUT2D eigenvalue weighted by Gasteiger charge is 2.31. The van der Waals surface area contributed by atoms with Gasteiger partial charge in [-0.15, -0.1) is 0 Å². The van der Waals surface area contributed by atoms with Gasteiger partial charge in [0.1, 0.15) is 18.1 Å². The molecule has 12 N–H and O–H groups in total. The first-order chi connectivity index (χ1) is 18.1. The van der Waals surface area contributed by atoms with E-state index in [1.165, 1.54) is 0 Å². The van der Waals surface area contributed by atoms with Crippen LogP contribution in [-0.2, 0) is 30.4 Å². The fourth-order valence-corrected chi connectivity index (χ4v) is 3.81. The number of carbonyl (C=O) groups excluding carboxylic acids is 4. The number of aliphatic hydroxyl groups is 1. The molecule has 1 heterocycles. The maximum atomic E-state index is 12.8. The molecule has 0 radical (unpaired) electrons. The molecule has 0 spiro atoms. The van der Waals surface area contributed by atoms with Crippen LogP contribution in [0.3, 0.4) is 0 Å². The highest BCUT2D eigenvalue weighted by atomic mass is 16.4. The van der Waals surface area contributed by atoms with Gasteiger partial charge < -0.3 is 48.3 Å². The van der Waals surface area contributed by atoms with Crippen molar-refractivity contribution in [2.45, 2.75) is 56.3 Å². The Balaban J connectivity index is 2.03. The van der Waals surface area contributed by atoms with Crippen molar-refractivity contribution in [2.24, 2.45) is 17.2 Å². The number of amides is 4. The van der Waals surface area contributed by atoms with E-state index in [4.69, 9.17) is 17.2 Å². The predicted octanol–water partition coefficient (Wildman–Crippen LogP) is -2.43. The van der Waals surface area contributed by atoms with E-state index in [1.54, 1.807) is 6.20 Å². The second-order valence-electron chi connectivity index (χ2n) is 8.83. The topological polar surface area (TPSA) is 256 Å². The zero-order valence-corrected chi connectivity index (χ0v) is 20.8. The zero-order valence-electron chi connectivity index (χ0n) is 20.8. The molecule has 14 heteroatoms. The van der Waals surface area contributed by atoms with E-state index in [-0.39, 0.29) is 12.8 Å². The van der Waals surface area contributed by atoms with Gasteiger partial charge in [0, 0.05) is 17.1 Å². The molecule has 0 aliphatic rings. The SMILES string of the molecule is NCCCCC(NC(=O)C(CC(N)=O)NC(=O)C(CO)NC(=O)C(N)Cc1c[nH]c2ccccc12)C(=O)O. The number of carboxylic acid groups (broad SMARTS) is 1. The number of fused-ring (bicyclic) bond motifs is 1. The normalized spacial score (nSPS) is 14.2. The number of aliphatic hydroxyl groups excluding tert-OH is 1. The van der Waals surface area contributed by atoms with Crippen molar-refractivity contribution in [3.8, 4) is 0 Å². The highest BCUT2D eigenvalue weighted by molar-refractivity contribution is 5.96. The molecule has 4 amide bonds. The van der Waals surface area contributed by atoms with Crippen molar-refractivity contribution >= 4 is 40.5 Å². The first-order valence-electron chi connectivity index (χ1n) is 12.1. The number of nitrogens with two attached hydrogens (primary N) is 3. The lowest BCUT2D eigenvalue weighted by atomic mass is 10.0. The average Bonchev–Trinajstić information content (AvgIpc) is 3.28. The monoisotopic (exact) mass is 533 g/mol. The van der Waals surface area contributed by atoms with Crippen molar-refractivity contribution in [3.05, 3.63) is 36.0 Å². The smallest absolute Gasteiger partial charge is 0.326 e. The van der Waals surface area contributed by atoms with Gasteiger partial charge in [-0.2, -0.15) is 0 Å². The Bertz CT molecular complexity index is 1140. The molecule has 0 bridgehead atoms. The van der Waals surface area contributed by atoms with Gasteiger partial charge in [-0.3, -0.25) is 19.2 Å². The lowest BCUT2D eigenvalue weighted by molar-refractivity contribution is -0.142. The Kier molecular flexibility index (Phi) is 11.7. The standard InChI is InChI=1S/C24H35N7O7/c25-8-4-3-7-17(24(37)38)29-22(35)18(10-20(27)33)30-23(36)19(12-32)31-21(34)15(26)9-13-11-28-16-6-2-1-5-14(13)16/h1-2,5-6,11,15,17-19,28,32H,3-4,7-10,12,25-26H2,(H2,27,33)(H,29,35)(H,30,36)(H,31,34)(H,37,38).